The third kappa shape index (κ3) is 2.94. The van der Waals surface area contributed by atoms with Crippen molar-refractivity contribution in [2.24, 2.45) is 5.92 Å². The van der Waals surface area contributed by atoms with Gasteiger partial charge in [-0.25, -0.2) is 0 Å². The van der Waals surface area contributed by atoms with Gasteiger partial charge in [-0.2, -0.15) is 0 Å². The van der Waals surface area contributed by atoms with Gasteiger partial charge in [0.2, 0.25) is 0 Å². The van der Waals surface area contributed by atoms with Crippen LogP contribution in [0.3, 0.4) is 0 Å². The number of hydrogen-bond donors (Lipinski definition) is 1. The van der Waals surface area contributed by atoms with Gasteiger partial charge in [-0.05, 0) is 68.8 Å². The predicted molar refractivity (Wildman–Crippen MR) is 78.8 cm³/mol. The second-order valence-electron chi connectivity index (χ2n) is 6.04. The molecule has 0 aromatic heterocycles. The highest BCUT2D eigenvalue weighted by Crippen LogP contribution is 2.31. The van der Waals surface area contributed by atoms with Gasteiger partial charge in [0.25, 0.3) is 0 Å². The Morgan fingerprint density at radius 2 is 1.95 bits per heavy atom. The first-order valence-corrected chi connectivity index (χ1v) is 7.80. The second kappa shape index (κ2) is 5.96. The molecule has 2 unspecified atom stereocenters. The number of rotatable bonds is 4. The summed E-state index contributed by atoms with van der Waals surface area (Å²) in [6.07, 6.45) is 9.38. The Labute approximate surface area is 116 Å². The van der Waals surface area contributed by atoms with Crippen LogP contribution in [0.4, 0.5) is 0 Å². The smallest absolute Gasteiger partial charge is 0.120 e. The zero-order valence-electron chi connectivity index (χ0n) is 12.0. The van der Waals surface area contributed by atoms with Crippen molar-refractivity contribution in [2.75, 3.05) is 13.6 Å². The molecule has 2 aliphatic rings. The highest BCUT2D eigenvalue weighted by molar-refractivity contribution is 5.38. The number of benzene rings is 1. The maximum atomic E-state index is 6.31. The Kier molecular flexibility index (Phi) is 4.07. The van der Waals surface area contributed by atoms with E-state index in [9.17, 15) is 0 Å². The molecule has 1 saturated carbocycles. The summed E-state index contributed by atoms with van der Waals surface area (Å²) in [6.45, 7) is 1.08. The average molecular weight is 259 g/mol. The minimum Gasteiger partial charge on any atom is -0.490 e. The van der Waals surface area contributed by atoms with Crippen LogP contribution < -0.4 is 10.1 Å². The number of nitrogens with one attached hydrogen (secondary N) is 1. The van der Waals surface area contributed by atoms with Gasteiger partial charge in [0.1, 0.15) is 11.9 Å². The zero-order chi connectivity index (χ0) is 13.1. The molecule has 1 aromatic carbocycles. The van der Waals surface area contributed by atoms with Crippen molar-refractivity contribution in [3.63, 3.8) is 0 Å². The molecule has 0 saturated heterocycles. The molecule has 0 aliphatic heterocycles. The Hall–Kier alpha value is -1.02. The van der Waals surface area contributed by atoms with E-state index in [1.807, 2.05) is 7.05 Å². The van der Waals surface area contributed by atoms with Gasteiger partial charge in [0.15, 0.2) is 0 Å². The summed E-state index contributed by atoms with van der Waals surface area (Å²) in [7, 11) is 2.04. The Morgan fingerprint density at radius 3 is 2.84 bits per heavy atom. The van der Waals surface area contributed by atoms with Crippen molar-refractivity contribution in [1.29, 1.82) is 0 Å². The molecule has 19 heavy (non-hydrogen) atoms. The van der Waals surface area contributed by atoms with E-state index in [1.165, 1.54) is 56.1 Å². The third-order valence-corrected chi connectivity index (χ3v) is 4.66. The second-order valence-corrected chi connectivity index (χ2v) is 6.04. The van der Waals surface area contributed by atoms with E-state index in [0.29, 0.717) is 12.0 Å². The number of fused-ring (bicyclic) bond motifs is 1. The first-order valence-electron chi connectivity index (χ1n) is 7.80. The molecule has 0 spiro atoms. The summed E-state index contributed by atoms with van der Waals surface area (Å²) in [5, 5.41) is 3.31. The first kappa shape index (κ1) is 13.0. The summed E-state index contributed by atoms with van der Waals surface area (Å²) in [5.41, 5.74) is 3.04. The van der Waals surface area contributed by atoms with Crippen molar-refractivity contribution in [2.45, 2.75) is 51.0 Å². The zero-order valence-corrected chi connectivity index (χ0v) is 12.0. The van der Waals surface area contributed by atoms with Crippen LogP contribution in [-0.4, -0.2) is 19.7 Å². The van der Waals surface area contributed by atoms with Crippen LogP contribution in [-0.2, 0) is 12.8 Å². The molecule has 1 N–H and O–H groups in total. The van der Waals surface area contributed by atoms with Gasteiger partial charge < -0.3 is 10.1 Å². The third-order valence-electron chi connectivity index (χ3n) is 4.66. The van der Waals surface area contributed by atoms with E-state index in [0.717, 1.165) is 12.3 Å². The fourth-order valence-electron chi connectivity index (χ4n) is 3.62. The minimum atomic E-state index is 0.403. The van der Waals surface area contributed by atoms with Gasteiger partial charge in [-0.3, -0.25) is 0 Å². The van der Waals surface area contributed by atoms with Crippen LogP contribution in [0.15, 0.2) is 18.2 Å². The molecule has 1 fully saturated rings. The maximum absolute atomic E-state index is 6.31. The van der Waals surface area contributed by atoms with Crippen molar-refractivity contribution in [3.8, 4) is 5.75 Å². The van der Waals surface area contributed by atoms with Gasteiger partial charge in [-0.15, -0.1) is 0 Å². The van der Waals surface area contributed by atoms with Crippen molar-refractivity contribution >= 4 is 0 Å². The van der Waals surface area contributed by atoms with Crippen LogP contribution in [0.5, 0.6) is 5.75 Å². The fraction of sp³-hybridized carbons (Fsp3) is 0.647. The van der Waals surface area contributed by atoms with Crippen LogP contribution >= 0.6 is 0 Å². The van der Waals surface area contributed by atoms with Crippen LogP contribution in [0.2, 0.25) is 0 Å². The lowest BCUT2D eigenvalue weighted by Gasteiger charge is -2.32. The molecule has 2 atom stereocenters. The summed E-state index contributed by atoms with van der Waals surface area (Å²) in [6, 6.07) is 6.73. The molecule has 0 bridgehead atoms. The largest absolute Gasteiger partial charge is 0.490 e. The molecule has 0 heterocycles. The predicted octanol–water partition coefficient (Wildman–Crippen LogP) is 3.33. The van der Waals surface area contributed by atoms with Gasteiger partial charge >= 0.3 is 0 Å². The van der Waals surface area contributed by atoms with E-state index in [-0.39, 0.29) is 0 Å². The fourth-order valence-corrected chi connectivity index (χ4v) is 3.62. The lowest BCUT2D eigenvalue weighted by Crippen LogP contribution is -2.36. The SMILES string of the molecule is CNCC1CCCCC1Oc1ccc2c(c1)CCC2. The number of ether oxygens (including phenoxy) is 1. The normalized spacial score (nSPS) is 26.2. The highest BCUT2D eigenvalue weighted by Gasteiger charge is 2.26. The topological polar surface area (TPSA) is 21.3 Å². The summed E-state index contributed by atoms with van der Waals surface area (Å²) in [5.74, 6) is 1.76. The summed E-state index contributed by atoms with van der Waals surface area (Å²) < 4.78 is 6.31. The van der Waals surface area contributed by atoms with Crippen LogP contribution in [0.25, 0.3) is 0 Å². The standard InChI is InChI=1S/C17H25NO/c1-18-12-15-5-2-3-8-17(15)19-16-10-9-13-6-4-7-14(13)11-16/h9-11,15,17-18H,2-8,12H2,1H3. The van der Waals surface area contributed by atoms with E-state index < -0.39 is 0 Å². The molecular weight excluding hydrogens is 234 g/mol. The molecule has 104 valence electrons. The molecule has 0 radical (unpaired) electrons. The van der Waals surface area contributed by atoms with E-state index in [2.05, 4.69) is 23.5 Å². The summed E-state index contributed by atoms with van der Waals surface area (Å²) in [4.78, 5) is 0. The highest BCUT2D eigenvalue weighted by atomic mass is 16.5. The van der Waals surface area contributed by atoms with E-state index in [1.54, 1.807) is 0 Å². The number of hydrogen-bond acceptors (Lipinski definition) is 2. The van der Waals surface area contributed by atoms with Crippen LogP contribution in [0, 0.1) is 5.92 Å². The number of aryl methyl sites for hydroxylation is 2. The van der Waals surface area contributed by atoms with Gasteiger partial charge in [0, 0.05) is 12.5 Å². The van der Waals surface area contributed by atoms with Crippen molar-refractivity contribution < 1.29 is 4.74 Å². The minimum absolute atomic E-state index is 0.403. The molecule has 2 nitrogen and oxygen atoms in total. The first-order chi connectivity index (χ1) is 9.36. The quantitative estimate of drug-likeness (QED) is 0.895. The average Bonchev–Trinajstić information content (AvgIpc) is 2.89. The lowest BCUT2D eigenvalue weighted by atomic mass is 9.86. The van der Waals surface area contributed by atoms with Crippen molar-refractivity contribution in [1.82, 2.24) is 5.32 Å². The Balaban J connectivity index is 1.69. The maximum Gasteiger partial charge on any atom is 0.120 e. The molecular formula is C17H25NO. The van der Waals surface area contributed by atoms with E-state index in [4.69, 9.17) is 4.74 Å². The summed E-state index contributed by atoms with van der Waals surface area (Å²) >= 11 is 0. The van der Waals surface area contributed by atoms with Crippen molar-refractivity contribution in [3.05, 3.63) is 29.3 Å². The molecule has 0 amide bonds. The van der Waals surface area contributed by atoms with Gasteiger partial charge in [0.05, 0.1) is 0 Å². The van der Waals surface area contributed by atoms with Gasteiger partial charge in [-0.1, -0.05) is 12.5 Å². The van der Waals surface area contributed by atoms with E-state index >= 15 is 0 Å². The molecule has 3 rings (SSSR count). The Bertz CT molecular complexity index is 427. The molecule has 2 heteroatoms. The molecule has 1 aromatic rings. The monoisotopic (exact) mass is 259 g/mol. The molecule has 2 aliphatic carbocycles. The van der Waals surface area contributed by atoms with Crippen LogP contribution in [0.1, 0.15) is 43.2 Å². The Morgan fingerprint density at radius 1 is 1.11 bits per heavy atom. The lowest BCUT2D eigenvalue weighted by molar-refractivity contribution is 0.0930.